The molecule has 2 amide bonds. The molecule has 1 N–H and O–H groups in total. The van der Waals surface area contributed by atoms with Gasteiger partial charge in [-0.05, 0) is 35.4 Å². The van der Waals surface area contributed by atoms with Gasteiger partial charge in [0.2, 0.25) is 11.8 Å². The minimum atomic E-state index is -0.259. The summed E-state index contributed by atoms with van der Waals surface area (Å²) in [4.78, 5) is 29.2. The van der Waals surface area contributed by atoms with Gasteiger partial charge < -0.3 is 14.9 Å². The smallest absolute Gasteiger partial charge is 0.242 e. The summed E-state index contributed by atoms with van der Waals surface area (Å²) in [5, 5.41) is 10.0. The Balaban J connectivity index is 1.31. The van der Waals surface area contributed by atoms with Gasteiger partial charge in [-0.25, -0.2) is 0 Å². The molecule has 2 saturated heterocycles. The van der Waals surface area contributed by atoms with E-state index in [9.17, 15) is 14.7 Å². The van der Waals surface area contributed by atoms with E-state index in [2.05, 4.69) is 11.8 Å². The van der Waals surface area contributed by atoms with E-state index < -0.39 is 0 Å². The normalized spacial score (nSPS) is 21.2. The number of hydrogen-bond donors (Lipinski definition) is 1. The van der Waals surface area contributed by atoms with Crippen molar-refractivity contribution >= 4 is 11.8 Å². The number of carbonyl (C=O) groups excluding carboxylic acids is 2. The summed E-state index contributed by atoms with van der Waals surface area (Å²) in [5.74, 6) is 6.18. The third-order valence-corrected chi connectivity index (χ3v) is 6.72. The summed E-state index contributed by atoms with van der Waals surface area (Å²) in [6.07, 6.45) is 0.281. The van der Waals surface area contributed by atoms with Crippen LogP contribution in [0.15, 0.2) is 84.9 Å². The molecule has 3 aromatic carbocycles. The first-order chi connectivity index (χ1) is 16.6. The lowest BCUT2D eigenvalue weighted by Gasteiger charge is -2.58. The van der Waals surface area contributed by atoms with Crippen LogP contribution in [-0.4, -0.2) is 58.5 Å². The molecule has 34 heavy (non-hydrogen) atoms. The maximum Gasteiger partial charge on any atom is 0.242 e. The van der Waals surface area contributed by atoms with Crippen LogP contribution in [0.4, 0.5) is 0 Å². The van der Waals surface area contributed by atoms with Crippen molar-refractivity contribution in [2.75, 3.05) is 19.7 Å². The van der Waals surface area contributed by atoms with Gasteiger partial charge >= 0.3 is 0 Å². The van der Waals surface area contributed by atoms with Crippen molar-refractivity contribution in [1.29, 1.82) is 0 Å². The average molecular weight is 451 g/mol. The van der Waals surface area contributed by atoms with Crippen molar-refractivity contribution in [1.82, 2.24) is 9.80 Å². The standard InChI is InChI=1S/C29H26N2O3/c32-20-26-29(24-15-13-22(14-16-24)12-11-21-7-3-1-4-8-21)25-18-30(19-28(34)31(25)26)27(33)17-23-9-5-2-6-10-23/h1-10,13-16,25-26,29,32H,17-20H2/t25-,26+,29+/m0/s1. The Morgan fingerprint density at radius 1 is 0.882 bits per heavy atom. The number of aliphatic hydroxyl groups is 1. The highest BCUT2D eigenvalue weighted by molar-refractivity contribution is 5.88. The lowest BCUT2D eigenvalue weighted by molar-refractivity contribution is -0.166. The largest absolute Gasteiger partial charge is 0.394 e. The van der Waals surface area contributed by atoms with Crippen molar-refractivity contribution in [3.05, 3.63) is 107 Å². The van der Waals surface area contributed by atoms with E-state index in [1.807, 2.05) is 84.9 Å². The molecule has 0 bridgehead atoms. The van der Waals surface area contributed by atoms with Crippen LogP contribution < -0.4 is 0 Å². The van der Waals surface area contributed by atoms with Crippen molar-refractivity contribution < 1.29 is 14.7 Å². The second-order valence-electron chi connectivity index (χ2n) is 8.82. The van der Waals surface area contributed by atoms with Gasteiger partial charge in [0.25, 0.3) is 0 Å². The van der Waals surface area contributed by atoms with Crippen LogP contribution in [0.2, 0.25) is 0 Å². The molecule has 5 nitrogen and oxygen atoms in total. The van der Waals surface area contributed by atoms with Crippen LogP contribution in [0.3, 0.4) is 0 Å². The number of benzene rings is 3. The zero-order valence-corrected chi connectivity index (χ0v) is 18.8. The fraction of sp³-hybridized carbons (Fsp3) is 0.241. The first-order valence-electron chi connectivity index (χ1n) is 11.5. The molecule has 0 spiro atoms. The predicted molar refractivity (Wildman–Crippen MR) is 130 cm³/mol. The van der Waals surface area contributed by atoms with Crippen molar-refractivity contribution in [3.63, 3.8) is 0 Å². The number of rotatable bonds is 4. The Morgan fingerprint density at radius 3 is 2.15 bits per heavy atom. The van der Waals surface area contributed by atoms with Crippen molar-refractivity contribution in [3.8, 4) is 11.8 Å². The molecule has 3 atom stereocenters. The number of piperazine rings is 1. The minimum absolute atomic E-state index is 0.0163. The van der Waals surface area contributed by atoms with Crippen LogP contribution in [0.25, 0.3) is 0 Å². The monoisotopic (exact) mass is 450 g/mol. The van der Waals surface area contributed by atoms with E-state index in [0.29, 0.717) is 6.54 Å². The van der Waals surface area contributed by atoms with Crippen LogP contribution >= 0.6 is 0 Å². The van der Waals surface area contributed by atoms with Crippen LogP contribution in [0.5, 0.6) is 0 Å². The third kappa shape index (κ3) is 4.33. The summed E-state index contributed by atoms with van der Waals surface area (Å²) in [5.41, 5.74) is 3.86. The van der Waals surface area contributed by atoms with Crippen molar-refractivity contribution in [2.24, 2.45) is 0 Å². The van der Waals surface area contributed by atoms with E-state index in [-0.39, 0.29) is 49.4 Å². The maximum atomic E-state index is 12.9. The average Bonchev–Trinajstić information content (AvgIpc) is 2.86. The molecule has 2 heterocycles. The first-order valence-corrected chi connectivity index (χ1v) is 11.5. The number of nitrogens with zero attached hydrogens (tertiary/aromatic N) is 2. The highest BCUT2D eigenvalue weighted by Gasteiger charge is 2.54. The van der Waals surface area contributed by atoms with Gasteiger partial charge in [-0.15, -0.1) is 0 Å². The number of amides is 2. The number of carbonyl (C=O) groups is 2. The summed E-state index contributed by atoms with van der Waals surface area (Å²) in [7, 11) is 0. The topological polar surface area (TPSA) is 60.9 Å². The lowest BCUT2D eigenvalue weighted by Crippen LogP contribution is -2.73. The lowest BCUT2D eigenvalue weighted by atomic mass is 9.73. The van der Waals surface area contributed by atoms with Crippen molar-refractivity contribution in [2.45, 2.75) is 24.4 Å². The highest BCUT2D eigenvalue weighted by Crippen LogP contribution is 2.43. The molecule has 5 rings (SSSR count). The van der Waals surface area contributed by atoms with Gasteiger partial charge in [-0.3, -0.25) is 9.59 Å². The zero-order valence-electron chi connectivity index (χ0n) is 18.8. The Bertz CT molecular complexity index is 1230. The number of fused-ring (bicyclic) bond motifs is 1. The predicted octanol–water partition coefficient (Wildman–Crippen LogP) is 2.83. The fourth-order valence-electron chi connectivity index (χ4n) is 5.03. The summed E-state index contributed by atoms with van der Waals surface area (Å²) in [6.45, 7) is 0.452. The first kappa shape index (κ1) is 21.9. The summed E-state index contributed by atoms with van der Waals surface area (Å²) in [6, 6.07) is 27.0. The minimum Gasteiger partial charge on any atom is -0.394 e. The van der Waals surface area contributed by atoms with Gasteiger partial charge in [0.15, 0.2) is 0 Å². The van der Waals surface area contributed by atoms with E-state index in [0.717, 1.165) is 22.3 Å². The van der Waals surface area contributed by atoms with E-state index in [1.54, 1.807) is 9.80 Å². The molecule has 3 aromatic rings. The third-order valence-electron chi connectivity index (χ3n) is 6.72. The number of aliphatic hydroxyl groups excluding tert-OH is 1. The highest BCUT2D eigenvalue weighted by atomic mass is 16.3. The molecule has 0 unspecified atom stereocenters. The van der Waals surface area contributed by atoms with E-state index in [1.165, 1.54) is 0 Å². The Kier molecular flexibility index (Phi) is 6.16. The Hall–Kier alpha value is -3.88. The summed E-state index contributed by atoms with van der Waals surface area (Å²) < 4.78 is 0. The molecule has 2 aliphatic heterocycles. The molecule has 170 valence electrons. The van der Waals surface area contributed by atoms with Crippen LogP contribution in [0, 0.1) is 11.8 Å². The molecule has 5 heteroatoms. The second-order valence-corrected chi connectivity index (χ2v) is 8.82. The van der Waals surface area contributed by atoms with E-state index in [4.69, 9.17) is 0 Å². The second kappa shape index (κ2) is 9.54. The van der Waals surface area contributed by atoms with Crippen LogP contribution in [-0.2, 0) is 16.0 Å². The quantitative estimate of drug-likeness (QED) is 0.622. The zero-order chi connectivity index (χ0) is 23.5. The molecular formula is C29H26N2O3. The fourth-order valence-corrected chi connectivity index (χ4v) is 5.03. The molecule has 0 aliphatic carbocycles. The van der Waals surface area contributed by atoms with Gasteiger partial charge in [-0.2, -0.15) is 0 Å². The van der Waals surface area contributed by atoms with Gasteiger partial charge in [0, 0.05) is 23.6 Å². The molecule has 2 fully saturated rings. The maximum absolute atomic E-state index is 12.9. The Morgan fingerprint density at radius 2 is 1.50 bits per heavy atom. The van der Waals surface area contributed by atoms with Gasteiger partial charge in [0.05, 0.1) is 31.7 Å². The summed E-state index contributed by atoms with van der Waals surface area (Å²) >= 11 is 0. The number of hydrogen-bond acceptors (Lipinski definition) is 3. The molecule has 0 radical (unpaired) electrons. The van der Waals surface area contributed by atoms with Gasteiger partial charge in [0.1, 0.15) is 0 Å². The van der Waals surface area contributed by atoms with Crippen LogP contribution in [0.1, 0.15) is 28.2 Å². The molecule has 2 aliphatic rings. The van der Waals surface area contributed by atoms with Gasteiger partial charge in [-0.1, -0.05) is 72.5 Å². The molecular weight excluding hydrogens is 424 g/mol. The SMILES string of the molecule is O=C(Cc1ccccc1)N1CC(=O)N2[C@H](CO)[C@H](c3ccc(C#Cc4ccccc4)cc3)[C@@H]2C1. The molecule has 0 aromatic heterocycles. The molecule has 0 saturated carbocycles. The Labute approximate surface area is 199 Å². The van der Waals surface area contributed by atoms with E-state index >= 15 is 0 Å².